The maximum absolute atomic E-state index is 9.44. The maximum Gasteiger partial charge on any atom is 0.180 e. The van der Waals surface area contributed by atoms with Crippen LogP contribution in [0.5, 0.6) is 0 Å². The van der Waals surface area contributed by atoms with Gasteiger partial charge in [0, 0.05) is 0 Å². The number of nitrogens with zero attached hydrogens (tertiary/aromatic N) is 1. The fourth-order valence-electron chi connectivity index (χ4n) is 0.671. The second kappa shape index (κ2) is 16.9. The molecule has 0 atom stereocenters. The molecule has 0 amide bonds. The van der Waals surface area contributed by atoms with Gasteiger partial charge < -0.3 is 9.69 Å². The van der Waals surface area contributed by atoms with E-state index in [-0.39, 0.29) is 5.78 Å². The first-order chi connectivity index (χ1) is 6.81. The van der Waals surface area contributed by atoms with Crippen LogP contribution in [0.4, 0.5) is 0 Å². The number of carbonyl (C=O) groups is 1. The molecule has 5 heteroatoms. The highest BCUT2D eigenvalue weighted by atomic mass is 35.6. The molecule has 0 N–H and O–H groups in total. The molecule has 0 saturated heterocycles. The molecule has 0 rings (SSSR count). The third-order valence-corrected chi connectivity index (χ3v) is 1.34. The Balaban J connectivity index is -0.000000155. The van der Waals surface area contributed by atoms with Crippen molar-refractivity contribution in [2.24, 2.45) is 0 Å². The molecule has 94 valence electrons. The van der Waals surface area contributed by atoms with E-state index in [9.17, 15) is 4.79 Å². The van der Waals surface area contributed by atoms with E-state index in [1.54, 1.807) is 0 Å². The SMILES string of the molecule is CC(C)=O.CCN(CC)CC.ClC(Cl)Cl. The van der Waals surface area contributed by atoms with E-state index in [4.69, 9.17) is 34.8 Å². The van der Waals surface area contributed by atoms with Crippen molar-refractivity contribution < 1.29 is 4.79 Å². The highest BCUT2D eigenvalue weighted by Crippen LogP contribution is 2.03. The molecule has 0 aromatic rings. The Hall–Kier alpha value is 0.500. The summed E-state index contributed by atoms with van der Waals surface area (Å²) >= 11 is 14.4. The van der Waals surface area contributed by atoms with Crippen molar-refractivity contribution >= 4 is 40.6 Å². The maximum atomic E-state index is 9.44. The molecule has 2 nitrogen and oxygen atoms in total. The van der Waals surface area contributed by atoms with Gasteiger partial charge in [0.15, 0.2) is 4.30 Å². The van der Waals surface area contributed by atoms with E-state index < -0.39 is 4.30 Å². The lowest BCUT2D eigenvalue weighted by Crippen LogP contribution is -2.21. The van der Waals surface area contributed by atoms with Crippen LogP contribution in [-0.2, 0) is 4.79 Å². The lowest BCUT2D eigenvalue weighted by molar-refractivity contribution is -0.114. The molecule has 0 saturated carbocycles. The largest absolute Gasteiger partial charge is 0.304 e. The van der Waals surface area contributed by atoms with Crippen LogP contribution < -0.4 is 0 Å². The first-order valence-corrected chi connectivity index (χ1v) is 6.24. The number of halogens is 3. The minimum absolute atomic E-state index is 0.167. The van der Waals surface area contributed by atoms with Gasteiger partial charge in [-0.2, -0.15) is 0 Å². The number of carbonyl (C=O) groups excluding carboxylic acids is 1. The van der Waals surface area contributed by atoms with E-state index in [2.05, 4.69) is 25.7 Å². The minimum Gasteiger partial charge on any atom is -0.304 e. The van der Waals surface area contributed by atoms with Gasteiger partial charge >= 0.3 is 0 Å². The van der Waals surface area contributed by atoms with Gasteiger partial charge in [0.05, 0.1) is 0 Å². The fourth-order valence-corrected chi connectivity index (χ4v) is 0.671. The molecular weight excluding hydrogens is 256 g/mol. The summed E-state index contributed by atoms with van der Waals surface area (Å²) in [5.74, 6) is 0.167. The normalized spacial score (nSPS) is 8.93. The van der Waals surface area contributed by atoms with Gasteiger partial charge in [-0.15, -0.1) is 0 Å². The topological polar surface area (TPSA) is 20.3 Å². The summed E-state index contributed by atoms with van der Waals surface area (Å²) in [5, 5.41) is 0. The highest BCUT2D eigenvalue weighted by molar-refractivity contribution is 6.63. The van der Waals surface area contributed by atoms with Crippen molar-refractivity contribution in [3.63, 3.8) is 0 Å². The van der Waals surface area contributed by atoms with Gasteiger partial charge in [-0.1, -0.05) is 55.6 Å². The van der Waals surface area contributed by atoms with Crippen molar-refractivity contribution in [3.05, 3.63) is 0 Å². The van der Waals surface area contributed by atoms with Crippen LogP contribution in [-0.4, -0.2) is 34.6 Å². The van der Waals surface area contributed by atoms with Crippen molar-refractivity contribution in [2.75, 3.05) is 19.6 Å². The van der Waals surface area contributed by atoms with Gasteiger partial charge in [-0.3, -0.25) is 0 Å². The van der Waals surface area contributed by atoms with Crippen LogP contribution in [0.1, 0.15) is 34.6 Å². The molecule has 0 bridgehead atoms. The molecule has 0 aliphatic heterocycles. The van der Waals surface area contributed by atoms with Crippen LogP contribution in [0.2, 0.25) is 0 Å². The Labute approximate surface area is 109 Å². The van der Waals surface area contributed by atoms with Crippen LogP contribution in [0.15, 0.2) is 0 Å². The van der Waals surface area contributed by atoms with Crippen molar-refractivity contribution in [3.8, 4) is 0 Å². The summed E-state index contributed by atoms with van der Waals surface area (Å²) in [7, 11) is 0. The predicted octanol–water partition coefficient (Wildman–Crippen LogP) is 3.93. The Bertz CT molecular complexity index is 116. The van der Waals surface area contributed by atoms with E-state index >= 15 is 0 Å². The van der Waals surface area contributed by atoms with E-state index in [0.717, 1.165) is 0 Å². The Morgan fingerprint density at radius 1 is 1.00 bits per heavy atom. The van der Waals surface area contributed by atoms with Gasteiger partial charge in [0.2, 0.25) is 0 Å². The quantitative estimate of drug-likeness (QED) is 0.729. The molecule has 0 unspecified atom stereocenters. The number of Topliss-reactive ketones (excluding diaryl/α,β-unsaturated/α-hetero) is 1. The van der Waals surface area contributed by atoms with Crippen LogP contribution in [0, 0.1) is 0 Å². The van der Waals surface area contributed by atoms with Gasteiger partial charge in [0.25, 0.3) is 0 Å². The average molecular weight is 279 g/mol. The molecular formula is C10H22Cl3NO. The van der Waals surface area contributed by atoms with E-state index in [1.165, 1.54) is 33.5 Å². The van der Waals surface area contributed by atoms with Crippen molar-refractivity contribution in [1.29, 1.82) is 0 Å². The number of hydrogen-bond donors (Lipinski definition) is 0. The molecule has 15 heavy (non-hydrogen) atoms. The lowest BCUT2D eigenvalue weighted by Gasteiger charge is -2.13. The molecule has 0 aliphatic carbocycles. The zero-order valence-electron chi connectivity index (χ0n) is 10.2. The zero-order chi connectivity index (χ0) is 12.9. The molecule has 0 spiro atoms. The Morgan fingerprint density at radius 2 is 1.13 bits per heavy atom. The first kappa shape index (κ1) is 20.9. The number of hydrogen-bond acceptors (Lipinski definition) is 2. The number of rotatable bonds is 3. The molecule has 0 heterocycles. The molecule has 0 aliphatic rings. The van der Waals surface area contributed by atoms with Crippen LogP contribution in [0.25, 0.3) is 0 Å². The monoisotopic (exact) mass is 277 g/mol. The molecule has 0 aromatic carbocycles. The third kappa shape index (κ3) is 53.6. The predicted molar refractivity (Wildman–Crippen MR) is 71.2 cm³/mol. The van der Waals surface area contributed by atoms with Crippen molar-refractivity contribution in [1.82, 2.24) is 4.90 Å². The van der Waals surface area contributed by atoms with Crippen molar-refractivity contribution in [2.45, 2.75) is 38.9 Å². The molecule has 0 fully saturated rings. The van der Waals surface area contributed by atoms with Gasteiger partial charge in [0.1, 0.15) is 5.78 Å². The minimum atomic E-state index is -0.750. The van der Waals surface area contributed by atoms with E-state index in [0.29, 0.717) is 0 Å². The second-order valence-corrected chi connectivity index (χ2v) is 4.75. The standard InChI is InChI=1S/C6H15N.C3H6O.CHCl3/c1-4-7(5-2)6-3;1-3(2)4;2-1(3)4/h4-6H2,1-3H3;1-2H3;1H. The fraction of sp³-hybridized carbons (Fsp3) is 0.900. The Morgan fingerprint density at radius 3 is 1.13 bits per heavy atom. The summed E-state index contributed by atoms with van der Waals surface area (Å²) in [5.41, 5.74) is 0. The molecule has 0 aromatic heterocycles. The number of ketones is 1. The summed E-state index contributed by atoms with van der Waals surface area (Å²) in [4.78, 5) is 11.8. The molecule has 0 radical (unpaired) electrons. The van der Waals surface area contributed by atoms with E-state index in [1.807, 2.05) is 0 Å². The third-order valence-electron chi connectivity index (χ3n) is 1.34. The van der Waals surface area contributed by atoms with Gasteiger partial charge in [-0.05, 0) is 33.5 Å². The smallest absolute Gasteiger partial charge is 0.180 e. The second-order valence-electron chi connectivity index (χ2n) is 2.78. The Kier molecular flexibility index (Phi) is 23.5. The lowest BCUT2D eigenvalue weighted by atomic mass is 10.5. The summed E-state index contributed by atoms with van der Waals surface area (Å²) in [6, 6.07) is 0. The zero-order valence-corrected chi connectivity index (χ0v) is 12.5. The summed E-state index contributed by atoms with van der Waals surface area (Å²) < 4.78 is -0.750. The van der Waals surface area contributed by atoms with Gasteiger partial charge in [-0.25, -0.2) is 0 Å². The average Bonchev–Trinajstić information content (AvgIpc) is 2.05. The summed E-state index contributed by atoms with van der Waals surface area (Å²) in [6.45, 7) is 13.2. The summed E-state index contributed by atoms with van der Waals surface area (Å²) in [6.07, 6.45) is 0. The van der Waals surface area contributed by atoms with Crippen LogP contribution >= 0.6 is 34.8 Å². The number of alkyl halides is 3. The van der Waals surface area contributed by atoms with Crippen LogP contribution in [0.3, 0.4) is 0 Å². The first-order valence-electron chi connectivity index (χ1n) is 4.93. The highest BCUT2D eigenvalue weighted by Gasteiger charge is 1.89.